The van der Waals surface area contributed by atoms with Crippen LogP contribution in [0, 0.1) is 0 Å². The lowest BCUT2D eigenvalue weighted by Gasteiger charge is -2.24. The maximum absolute atomic E-state index is 13.3. The quantitative estimate of drug-likeness (QED) is 0.613. The molecule has 4 rings (SSSR count). The van der Waals surface area contributed by atoms with Gasteiger partial charge in [0, 0.05) is 31.6 Å². The summed E-state index contributed by atoms with van der Waals surface area (Å²) in [5, 5.41) is 0.551. The van der Waals surface area contributed by atoms with Crippen LogP contribution in [0.4, 0.5) is 23.8 Å². The molecule has 0 radical (unpaired) electrons. The number of fused-ring (bicyclic) bond motifs is 1. The number of hydrogen-bond acceptors (Lipinski definition) is 5. The van der Waals surface area contributed by atoms with Gasteiger partial charge in [-0.25, -0.2) is 14.8 Å². The van der Waals surface area contributed by atoms with E-state index in [2.05, 4.69) is 9.97 Å². The predicted octanol–water partition coefficient (Wildman–Crippen LogP) is 4.50. The first kappa shape index (κ1) is 20.9. The molecule has 6 nitrogen and oxygen atoms in total. The first-order chi connectivity index (χ1) is 14.9. The predicted molar refractivity (Wildman–Crippen MR) is 110 cm³/mol. The molecule has 0 spiro atoms. The van der Waals surface area contributed by atoms with E-state index in [0.717, 1.165) is 5.56 Å². The molecule has 1 aliphatic heterocycles. The van der Waals surface area contributed by atoms with Gasteiger partial charge < -0.3 is 14.5 Å². The Labute approximate surface area is 177 Å². The van der Waals surface area contributed by atoms with Crippen LogP contribution in [0.3, 0.4) is 0 Å². The van der Waals surface area contributed by atoms with Crippen LogP contribution in [0.25, 0.3) is 10.9 Å². The summed E-state index contributed by atoms with van der Waals surface area (Å²) in [6, 6.07) is 16.0. The summed E-state index contributed by atoms with van der Waals surface area (Å²) >= 11 is 0. The number of rotatable bonds is 3. The first-order valence-electron chi connectivity index (χ1n) is 9.96. The number of carbonyl (C=O) groups is 1. The van der Waals surface area contributed by atoms with Crippen LogP contribution < -0.4 is 4.90 Å². The topological polar surface area (TPSA) is 58.6 Å². The molecule has 1 aromatic heterocycles. The van der Waals surface area contributed by atoms with Crippen molar-refractivity contribution >= 4 is 22.8 Å². The molecule has 0 aliphatic carbocycles. The number of para-hydroxylation sites is 1. The van der Waals surface area contributed by atoms with Crippen LogP contribution in [0.2, 0.25) is 0 Å². The lowest BCUT2D eigenvalue weighted by molar-refractivity contribution is -0.144. The molecule has 0 unspecified atom stereocenters. The number of hydrogen-bond donors (Lipinski definition) is 0. The van der Waals surface area contributed by atoms with Crippen molar-refractivity contribution in [3.05, 3.63) is 66.0 Å². The number of benzene rings is 2. The third kappa shape index (κ3) is 4.87. The van der Waals surface area contributed by atoms with Crippen molar-refractivity contribution in [1.29, 1.82) is 0 Å². The van der Waals surface area contributed by atoms with Crippen molar-refractivity contribution in [2.75, 3.05) is 31.1 Å². The van der Waals surface area contributed by atoms with E-state index in [1.807, 2.05) is 30.3 Å². The number of anilines is 1. The number of halogens is 3. The van der Waals surface area contributed by atoms with Gasteiger partial charge in [-0.2, -0.15) is 13.2 Å². The first-order valence-corrected chi connectivity index (χ1v) is 9.96. The molecule has 1 aliphatic rings. The molecule has 9 heteroatoms. The van der Waals surface area contributed by atoms with Crippen molar-refractivity contribution in [3.63, 3.8) is 0 Å². The molecule has 1 fully saturated rings. The summed E-state index contributed by atoms with van der Waals surface area (Å²) in [6.07, 6.45) is -4.49. The Morgan fingerprint density at radius 2 is 1.68 bits per heavy atom. The summed E-state index contributed by atoms with van der Waals surface area (Å²) in [7, 11) is 0. The van der Waals surface area contributed by atoms with Crippen molar-refractivity contribution in [3.8, 4) is 0 Å². The van der Waals surface area contributed by atoms with Crippen molar-refractivity contribution < 1.29 is 22.7 Å². The molecule has 0 saturated carbocycles. The van der Waals surface area contributed by atoms with Crippen LogP contribution in [0.15, 0.2) is 54.6 Å². The Kier molecular flexibility index (Phi) is 5.92. The summed E-state index contributed by atoms with van der Waals surface area (Å²) in [4.78, 5) is 23.4. The summed E-state index contributed by atoms with van der Waals surface area (Å²) in [5.41, 5.74) is 1.13. The largest absolute Gasteiger partial charge is 0.451 e. The standard InChI is InChI=1S/C22H21F3N4O2/c23-22(24,25)20-26-18-10-5-4-9-17(18)19(27-20)28-11-6-12-29(14-13-28)21(30)31-15-16-7-2-1-3-8-16/h1-5,7-10H,6,11-15H2. The SMILES string of the molecule is O=C(OCc1ccccc1)N1CCCN(c2nc(C(F)(F)F)nc3ccccc23)CC1. The highest BCUT2D eigenvalue weighted by Gasteiger charge is 2.36. The average Bonchev–Trinajstić information content (AvgIpc) is 3.03. The smallest absolute Gasteiger partial charge is 0.445 e. The van der Waals surface area contributed by atoms with Gasteiger partial charge in [-0.3, -0.25) is 0 Å². The molecule has 0 N–H and O–H groups in total. The third-order valence-corrected chi connectivity index (χ3v) is 5.10. The Bertz CT molecular complexity index is 1060. The molecule has 1 saturated heterocycles. The van der Waals surface area contributed by atoms with E-state index in [1.54, 1.807) is 34.1 Å². The van der Waals surface area contributed by atoms with Crippen LogP contribution >= 0.6 is 0 Å². The van der Waals surface area contributed by atoms with Gasteiger partial charge in [-0.15, -0.1) is 0 Å². The molecular weight excluding hydrogens is 409 g/mol. The van der Waals surface area contributed by atoms with E-state index < -0.39 is 18.1 Å². The van der Waals surface area contributed by atoms with Crippen LogP contribution in [-0.4, -0.2) is 47.1 Å². The third-order valence-electron chi connectivity index (χ3n) is 5.10. The second-order valence-corrected chi connectivity index (χ2v) is 7.25. The van der Waals surface area contributed by atoms with Crippen molar-refractivity contribution in [2.45, 2.75) is 19.2 Å². The number of aromatic nitrogens is 2. The van der Waals surface area contributed by atoms with Gasteiger partial charge in [0.25, 0.3) is 0 Å². The zero-order chi connectivity index (χ0) is 21.8. The van der Waals surface area contributed by atoms with E-state index in [1.165, 1.54) is 0 Å². The van der Waals surface area contributed by atoms with Crippen LogP contribution in [0.1, 0.15) is 17.8 Å². The molecular formula is C22H21F3N4O2. The molecule has 2 heterocycles. The highest BCUT2D eigenvalue weighted by Crippen LogP contribution is 2.32. The fourth-order valence-electron chi connectivity index (χ4n) is 3.55. The lowest BCUT2D eigenvalue weighted by Crippen LogP contribution is -2.36. The fourth-order valence-corrected chi connectivity index (χ4v) is 3.55. The second kappa shape index (κ2) is 8.79. The van der Waals surface area contributed by atoms with Gasteiger partial charge in [-0.05, 0) is 24.1 Å². The molecule has 0 atom stereocenters. The molecule has 2 aromatic carbocycles. The zero-order valence-electron chi connectivity index (χ0n) is 16.7. The van der Waals surface area contributed by atoms with E-state index in [0.29, 0.717) is 38.0 Å². The Morgan fingerprint density at radius 1 is 0.935 bits per heavy atom. The van der Waals surface area contributed by atoms with E-state index in [-0.39, 0.29) is 17.9 Å². The maximum atomic E-state index is 13.3. The highest BCUT2D eigenvalue weighted by molar-refractivity contribution is 5.89. The van der Waals surface area contributed by atoms with Gasteiger partial charge >= 0.3 is 12.3 Å². The molecule has 1 amide bonds. The number of nitrogens with zero attached hydrogens (tertiary/aromatic N) is 4. The maximum Gasteiger partial charge on any atom is 0.451 e. The molecule has 0 bridgehead atoms. The number of amides is 1. The van der Waals surface area contributed by atoms with Gasteiger partial charge in [0.2, 0.25) is 5.82 Å². The van der Waals surface area contributed by atoms with Crippen molar-refractivity contribution in [2.24, 2.45) is 0 Å². The van der Waals surface area contributed by atoms with Gasteiger partial charge in [0.1, 0.15) is 12.4 Å². The second-order valence-electron chi connectivity index (χ2n) is 7.25. The Balaban J connectivity index is 1.50. The fraction of sp³-hybridized carbons (Fsp3) is 0.318. The van der Waals surface area contributed by atoms with E-state index in [9.17, 15) is 18.0 Å². The minimum absolute atomic E-state index is 0.172. The van der Waals surface area contributed by atoms with Gasteiger partial charge in [0.15, 0.2) is 0 Å². The van der Waals surface area contributed by atoms with Crippen LogP contribution in [-0.2, 0) is 17.5 Å². The average molecular weight is 430 g/mol. The molecule has 3 aromatic rings. The molecule has 162 valence electrons. The van der Waals surface area contributed by atoms with Gasteiger partial charge in [-0.1, -0.05) is 42.5 Å². The van der Waals surface area contributed by atoms with Gasteiger partial charge in [0.05, 0.1) is 5.52 Å². The minimum Gasteiger partial charge on any atom is -0.445 e. The van der Waals surface area contributed by atoms with Crippen LogP contribution in [0.5, 0.6) is 0 Å². The van der Waals surface area contributed by atoms with Crippen molar-refractivity contribution in [1.82, 2.24) is 14.9 Å². The number of ether oxygens (including phenoxy) is 1. The highest BCUT2D eigenvalue weighted by atomic mass is 19.4. The Hall–Kier alpha value is -3.36. The Morgan fingerprint density at radius 3 is 2.45 bits per heavy atom. The number of carbonyl (C=O) groups excluding carboxylic acids is 1. The molecule has 31 heavy (non-hydrogen) atoms. The lowest BCUT2D eigenvalue weighted by atomic mass is 10.2. The normalized spacial score (nSPS) is 15.1. The summed E-state index contributed by atoms with van der Waals surface area (Å²) < 4.78 is 45.4. The zero-order valence-corrected chi connectivity index (χ0v) is 16.7. The monoisotopic (exact) mass is 430 g/mol. The van der Waals surface area contributed by atoms with E-state index in [4.69, 9.17) is 4.74 Å². The summed E-state index contributed by atoms with van der Waals surface area (Å²) in [5.74, 6) is -0.929. The summed E-state index contributed by atoms with van der Waals surface area (Å²) in [6.45, 7) is 1.78. The minimum atomic E-state index is -4.64. The van der Waals surface area contributed by atoms with E-state index >= 15 is 0 Å². The number of alkyl halides is 3.